The standard InChI is InChI=1S/C14H19N3O/c1-2-3-8-18-14-6-4-12(5-7-14)9-15-13-10-16-17-11-13/h4-7,10-11,15H,2-3,8-9H2,1H3,(H,16,17). The van der Waals surface area contributed by atoms with Gasteiger partial charge in [-0.15, -0.1) is 0 Å². The van der Waals surface area contributed by atoms with Crippen molar-refractivity contribution in [1.29, 1.82) is 0 Å². The Morgan fingerprint density at radius 2 is 2.11 bits per heavy atom. The van der Waals surface area contributed by atoms with E-state index in [1.807, 2.05) is 18.3 Å². The van der Waals surface area contributed by atoms with Gasteiger partial charge in [-0.2, -0.15) is 5.10 Å². The first kappa shape index (κ1) is 12.5. The Balaban J connectivity index is 1.80. The molecule has 1 heterocycles. The Kier molecular flexibility index (Phi) is 4.64. The van der Waals surface area contributed by atoms with E-state index in [1.54, 1.807) is 6.20 Å². The lowest BCUT2D eigenvalue weighted by molar-refractivity contribution is 0.309. The summed E-state index contributed by atoms with van der Waals surface area (Å²) in [5.41, 5.74) is 2.22. The van der Waals surface area contributed by atoms with Crippen LogP contribution in [-0.2, 0) is 6.54 Å². The monoisotopic (exact) mass is 245 g/mol. The van der Waals surface area contributed by atoms with Gasteiger partial charge in [0.15, 0.2) is 0 Å². The highest BCUT2D eigenvalue weighted by molar-refractivity contribution is 5.39. The summed E-state index contributed by atoms with van der Waals surface area (Å²) in [5.74, 6) is 0.940. The maximum absolute atomic E-state index is 5.62. The van der Waals surface area contributed by atoms with E-state index in [-0.39, 0.29) is 0 Å². The van der Waals surface area contributed by atoms with E-state index in [0.29, 0.717) is 0 Å². The fourth-order valence-electron chi connectivity index (χ4n) is 1.59. The molecule has 18 heavy (non-hydrogen) atoms. The fraction of sp³-hybridized carbons (Fsp3) is 0.357. The van der Waals surface area contributed by atoms with E-state index in [2.05, 4.69) is 34.6 Å². The summed E-state index contributed by atoms with van der Waals surface area (Å²) in [4.78, 5) is 0. The Morgan fingerprint density at radius 3 is 2.78 bits per heavy atom. The van der Waals surface area contributed by atoms with Crippen molar-refractivity contribution >= 4 is 5.69 Å². The predicted octanol–water partition coefficient (Wildman–Crippen LogP) is 3.20. The van der Waals surface area contributed by atoms with E-state index >= 15 is 0 Å². The maximum Gasteiger partial charge on any atom is 0.119 e. The van der Waals surface area contributed by atoms with Crippen molar-refractivity contribution in [3.63, 3.8) is 0 Å². The SMILES string of the molecule is CCCCOc1ccc(CNc2cn[nH]c2)cc1. The zero-order chi connectivity index (χ0) is 12.6. The molecular formula is C14H19N3O. The lowest BCUT2D eigenvalue weighted by Gasteiger charge is -2.07. The second-order valence-electron chi connectivity index (χ2n) is 4.19. The summed E-state index contributed by atoms with van der Waals surface area (Å²) in [5, 5.41) is 9.93. The molecule has 1 aromatic carbocycles. The highest BCUT2D eigenvalue weighted by atomic mass is 16.5. The number of benzene rings is 1. The molecule has 0 bridgehead atoms. The van der Waals surface area contributed by atoms with Gasteiger partial charge in [0.25, 0.3) is 0 Å². The molecule has 4 heteroatoms. The first-order valence-corrected chi connectivity index (χ1v) is 6.33. The predicted molar refractivity (Wildman–Crippen MR) is 72.8 cm³/mol. The van der Waals surface area contributed by atoms with Crippen LogP contribution in [0.1, 0.15) is 25.3 Å². The number of aromatic amines is 1. The van der Waals surface area contributed by atoms with Crippen LogP contribution in [0.25, 0.3) is 0 Å². The second-order valence-corrected chi connectivity index (χ2v) is 4.19. The molecule has 0 spiro atoms. The van der Waals surface area contributed by atoms with Crippen LogP contribution in [0, 0.1) is 0 Å². The molecule has 0 saturated carbocycles. The van der Waals surface area contributed by atoms with Crippen molar-refractivity contribution < 1.29 is 4.74 Å². The molecule has 0 amide bonds. The van der Waals surface area contributed by atoms with Crippen molar-refractivity contribution in [3.8, 4) is 5.75 Å². The molecule has 0 aliphatic carbocycles. The van der Waals surface area contributed by atoms with Crippen LogP contribution in [0.5, 0.6) is 5.75 Å². The normalized spacial score (nSPS) is 10.3. The molecule has 2 N–H and O–H groups in total. The highest BCUT2D eigenvalue weighted by Crippen LogP contribution is 2.14. The minimum absolute atomic E-state index is 0.786. The molecule has 2 aromatic rings. The van der Waals surface area contributed by atoms with Crippen molar-refractivity contribution in [2.45, 2.75) is 26.3 Å². The van der Waals surface area contributed by atoms with E-state index in [9.17, 15) is 0 Å². The van der Waals surface area contributed by atoms with Crippen molar-refractivity contribution in [1.82, 2.24) is 10.2 Å². The van der Waals surface area contributed by atoms with Crippen molar-refractivity contribution in [2.24, 2.45) is 0 Å². The highest BCUT2D eigenvalue weighted by Gasteiger charge is 1.97. The summed E-state index contributed by atoms with van der Waals surface area (Å²) in [6.45, 7) is 3.74. The Labute approximate surface area is 107 Å². The number of nitrogens with zero attached hydrogens (tertiary/aromatic N) is 1. The maximum atomic E-state index is 5.62. The fourth-order valence-corrected chi connectivity index (χ4v) is 1.59. The summed E-state index contributed by atoms with van der Waals surface area (Å²) in [6.07, 6.45) is 5.86. The number of ether oxygens (including phenoxy) is 1. The molecule has 0 aliphatic rings. The Bertz CT molecular complexity index is 437. The van der Waals surface area contributed by atoms with Gasteiger partial charge in [-0.05, 0) is 24.1 Å². The first-order valence-electron chi connectivity index (χ1n) is 6.33. The zero-order valence-electron chi connectivity index (χ0n) is 10.6. The van der Waals surface area contributed by atoms with E-state index in [1.165, 1.54) is 5.56 Å². The number of anilines is 1. The molecule has 0 unspecified atom stereocenters. The molecule has 0 fully saturated rings. The van der Waals surface area contributed by atoms with Crippen molar-refractivity contribution in [3.05, 3.63) is 42.2 Å². The van der Waals surface area contributed by atoms with Crippen LogP contribution in [0.3, 0.4) is 0 Å². The van der Waals surface area contributed by atoms with Gasteiger partial charge in [0.2, 0.25) is 0 Å². The molecular weight excluding hydrogens is 226 g/mol. The number of nitrogens with one attached hydrogen (secondary N) is 2. The summed E-state index contributed by atoms with van der Waals surface area (Å²) >= 11 is 0. The lowest BCUT2D eigenvalue weighted by atomic mass is 10.2. The minimum Gasteiger partial charge on any atom is -0.494 e. The quantitative estimate of drug-likeness (QED) is 0.736. The smallest absolute Gasteiger partial charge is 0.119 e. The van der Waals surface area contributed by atoms with Gasteiger partial charge in [0, 0.05) is 12.7 Å². The van der Waals surface area contributed by atoms with Gasteiger partial charge in [0.1, 0.15) is 5.75 Å². The zero-order valence-corrected chi connectivity index (χ0v) is 10.6. The summed E-state index contributed by atoms with van der Waals surface area (Å²) in [6, 6.07) is 8.19. The number of unbranched alkanes of at least 4 members (excludes halogenated alkanes) is 1. The van der Waals surface area contributed by atoms with Crippen LogP contribution in [0.2, 0.25) is 0 Å². The third kappa shape index (κ3) is 3.80. The second kappa shape index (κ2) is 6.69. The molecule has 4 nitrogen and oxygen atoms in total. The van der Waals surface area contributed by atoms with Gasteiger partial charge in [-0.25, -0.2) is 0 Å². The van der Waals surface area contributed by atoms with Crippen LogP contribution in [-0.4, -0.2) is 16.8 Å². The van der Waals surface area contributed by atoms with Gasteiger partial charge in [-0.1, -0.05) is 25.5 Å². The molecule has 96 valence electrons. The van der Waals surface area contributed by atoms with Crippen LogP contribution in [0.4, 0.5) is 5.69 Å². The molecule has 0 atom stereocenters. The van der Waals surface area contributed by atoms with Crippen LogP contribution < -0.4 is 10.1 Å². The van der Waals surface area contributed by atoms with Gasteiger partial charge >= 0.3 is 0 Å². The summed E-state index contributed by atoms with van der Waals surface area (Å²) in [7, 11) is 0. The number of rotatable bonds is 7. The molecule has 0 aliphatic heterocycles. The molecule has 1 aromatic heterocycles. The summed E-state index contributed by atoms with van der Waals surface area (Å²) < 4.78 is 5.62. The van der Waals surface area contributed by atoms with Crippen LogP contribution in [0.15, 0.2) is 36.7 Å². The molecule has 2 rings (SSSR count). The average Bonchev–Trinajstić information content (AvgIpc) is 2.91. The number of H-pyrrole nitrogens is 1. The number of hydrogen-bond acceptors (Lipinski definition) is 3. The third-order valence-electron chi connectivity index (χ3n) is 2.68. The lowest BCUT2D eigenvalue weighted by Crippen LogP contribution is -1.99. The van der Waals surface area contributed by atoms with Gasteiger partial charge in [0.05, 0.1) is 18.5 Å². The first-order chi connectivity index (χ1) is 8.88. The molecule has 0 saturated heterocycles. The Hall–Kier alpha value is -1.97. The molecule has 0 radical (unpaired) electrons. The van der Waals surface area contributed by atoms with Crippen molar-refractivity contribution in [2.75, 3.05) is 11.9 Å². The van der Waals surface area contributed by atoms with Gasteiger partial charge < -0.3 is 10.1 Å². The topological polar surface area (TPSA) is 49.9 Å². The Morgan fingerprint density at radius 1 is 1.28 bits per heavy atom. The van der Waals surface area contributed by atoms with Gasteiger partial charge in [-0.3, -0.25) is 5.10 Å². The largest absolute Gasteiger partial charge is 0.494 e. The number of aromatic nitrogens is 2. The van der Waals surface area contributed by atoms with E-state index in [4.69, 9.17) is 4.74 Å². The minimum atomic E-state index is 0.786. The number of hydrogen-bond donors (Lipinski definition) is 2. The van der Waals surface area contributed by atoms with Crippen LogP contribution >= 0.6 is 0 Å². The van der Waals surface area contributed by atoms with E-state index < -0.39 is 0 Å². The average molecular weight is 245 g/mol. The van der Waals surface area contributed by atoms with E-state index in [0.717, 1.165) is 37.4 Å². The third-order valence-corrected chi connectivity index (χ3v) is 2.68.